The number of amides is 1. The molecule has 4 heteroatoms. The summed E-state index contributed by atoms with van der Waals surface area (Å²) in [6.07, 6.45) is 1.02. The molecule has 1 aromatic heterocycles. The molecule has 0 bridgehead atoms. The van der Waals surface area contributed by atoms with Crippen molar-refractivity contribution in [2.24, 2.45) is 0 Å². The fraction of sp³-hybridized carbons (Fsp3) is 0.267. The van der Waals surface area contributed by atoms with Gasteiger partial charge in [-0.1, -0.05) is 36.4 Å². The standard InChI is InChI=1S/C15H17NO2S/c17-11-13(9-12-5-2-1-3-6-12)16-15(18)10-14-7-4-8-19-14/h1-8,13,17H,9-11H2,(H,16,18). The summed E-state index contributed by atoms with van der Waals surface area (Å²) in [5.74, 6) is -0.0440. The lowest BCUT2D eigenvalue weighted by molar-refractivity contribution is -0.121. The van der Waals surface area contributed by atoms with Crippen LogP contribution in [-0.4, -0.2) is 23.7 Å². The predicted molar refractivity (Wildman–Crippen MR) is 77.2 cm³/mol. The van der Waals surface area contributed by atoms with E-state index in [-0.39, 0.29) is 18.6 Å². The summed E-state index contributed by atoms with van der Waals surface area (Å²) in [6.45, 7) is -0.0505. The Hall–Kier alpha value is -1.65. The van der Waals surface area contributed by atoms with Gasteiger partial charge in [0.15, 0.2) is 0 Å². The molecule has 2 aromatic rings. The molecule has 0 saturated heterocycles. The molecule has 1 atom stereocenters. The molecule has 3 nitrogen and oxygen atoms in total. The lowest BCUT2D eigenvalue weighted by Gasteiger charge is -2.16. The van der Waals surface area contributed by atoms with Crippen molar-refractivity contribution in [1.29, 1.82) is 0 Å². The van der Waals surface area contributed by atoms with Crippen LogP contribution in [0.25, 0.3) is 0 Å². The summed E-state index contributed by atoms with van der Waals surface area (Å²) >= 11 is 1.57. The summed E-state index contributed by atoms with van der Waals surface area (Å²) in [5.41, 5.74) is 1.11. The zero-order chi connectivity index (χ0) is 13.5. The molecule has 0 saturated carbocycles. The number of carbonyl (C=O) groups excluding carboxylic acids is 1. The van der Waals surface area contributed by atoms with Crippen LogP contribution >= 0.6 is 11.3 Å². The van der Waals surface area contributed by atoms with E-state index in [1.807, 2.05) is 47.8 Å². The summed E-state index contributed by atoms with van der Waals surface area (Å²) in [4.78, 5) is 12.9. The number of benzene rings is 1. The van der Waals surface area contributed by atoms with E-state index >= 15 is 0 Å². The van der Waals surface area contributed by atoms with E-state index in [2.05, 4.69) is 5.32 Å². The molecule has 100 valence electrons. The number of thiophene rings is 1. The van der Waals surface area contributed by atoms with Crippen LogP contribution in [0.15, 0.2) is 47.8 Å². The monoisotopic (exact) mass is 275 g/mol. The quantitative estimate of drug-likeness (QED) is 0.847. The first-order valence-electron chi connectivity index (χ1n) is 6.24. The third-order valence-electron chi connectivity index (χ3n) is 2.83. The maximum atomic E-state index is 11.9. The Labute approximate surface area is 116 Å². The van der Waals surface area contributed by atoms with Crippen LogP contribution in [0, 0.1) is 0 Å². The molecule has 0 aliphatic rings. The Balaban J connectivity index is 1.86. The highest BCUT2D eigenvalue weighted by Gasteiger charge is 2.12. The van der Waals surface area contributed by atoms with Gasteiger partial charge in [0, 0.05) is 4.88 Å². The van der Waals surface area contributed by atoms with Crippen LogP contribution in [0.5, 0.6) is 0 Å². The molecule has 2 N–H and O–H groups in total. The highest BCUT2D eigenvalue weighted by Crippen LogP contribution is 2.09. The number of carbonyl (C=O) groups is 1. The van der Waals surface area contributed by atoms with Gasteiger partial charge >= 0.3 is 0 Å². The van der Waals surface area contributed by atoms with Crippen LogP contribution in [0.1, 0.15) is 10.4 Å². The summed E-state index contributed by atoms with van der Waals surface area (Å²) in [6, 6.07) is 13.5. The van der Waals surface area contributed by atoms with Gasteiger partial charge in [0.2, 0.25) is 5.91 Å². The fourth-order valence-corrected chi connectivity index (χ4v) is 2.61. The first-order valence-corrected chi connectivity index (χ1v) is 7.12. The average Bonchev–Trinajstić information content (AvgIpc) is 2.92. The molecule has 0 radical (unpaired) electrons. The number of hydrogen-bond acceptors (Lipinski definition) is 3. The van der Waals surface area contributed by atoms with Gasteiger partial charge in [0.05, 0.1) is 19.1 Å². The van der Waals surface area contributed by atoms with Crippen LogP contribution in [0.3, 0.4) is 0 Å². The van der Waals surface area contributed by atoms with Crippen molar-refractivity contribution in [3.8, 4) is 0 Å². The van der Waals surface area contributed by atoms with E-state index in [9.17, 15) is 9.90 Å². The number of aliphatic hydroxyl groups excluding tert-OH is 1. The number of nitrogens with one attached hydrogen (secondary N) is 1. The molecule has 0 aliphatic carbocycles. The normalized spacial score (nSPS) is 12.1. The number of hydrogen-bond donors (Lipinski definition) is 2. The summed E-state index contributed by atoms with van der Waals surface area (Å²) < 4.78 is 0. The Morgan fingerprint density at radius 3 is 2.63 bits per heavy atom. The molecule has 1 aromatic carbocycles. The van der Waals surface area contributed by atoms with Crippen molar-refractivity contribution in [2.75, 3.05) is 6.61 Å². The molecule has 0 aliphatic heterocycles. The van der Waals surface area contributed by atoms with Crippen LogP contribution < -0.4 is 5.32 Å². The first-order chi connectivity index (χ1) is 9.28. The van der Waals surface area contributed by atoms with Gasteiger partial charge in [-0.25, -0.2) is 0 Å². The number of aliphatic hydroxyl groups is 1. The minimum absolute atomic E-state index is 0.0440. The minimum atomic E-state index is -0.227. The Morgan fingerprint density at radius 1 is 1.21 bits per heavy atom. The molecule has 0 spiro atoms. The second kappa shape index (κ2) is 7.07. The van der Waals surface area contributed by atoms with Gasteiger partial charge < -0.3 is 10.4 Å². The SMILES string of the molecule is O=C(Cc1cccs1)NC(CO)Cc1ccccc1. The third-order valence-corrected chi connectivity index (χ3v) is 3.70. The van der Waals surface area contributed by atoms with Crippen molar-refractivity contribution < 1.29 is 9.90 Å². The largest absolute Gasteiger partial charge is 0.394 e. The van der Waals surface area contributed by atoms with Crippen molar-refractivity contribution in [3.63, 3.8) is 0 Å². The van der Waals surface area contributed by atoms with E-state index in [0.29, 0.717) is 12.8 Å². The molecule has 1 amide bonds. The maximum Gasteiger partial charge on any atom is 0.225 e. The zero-order valence-corrected chi connectivity index (χ0v) is 11.4. The first kappa shape index (κ1) is 13.8. The van der Waals surface area contributed by atoms with Crippen molar-refractivity contribution in [1.82, 2.24) is 5.32 Å². The summed E-state index contributed by atoms with van der Waals surface area (Å²) in [5, 5.41) is 14.2. The van der Waals surface area contributed by atoms with Crippen LogP contribution in [-0.2, 0) is 17.6 Å². The molecule has 19 heavy (non-hydrogen) atoms. The highest BCUT2D eigenvalue weighted by molar-refractivity contribution is 7.10. The van der Waals surface area contributed by atoms with Gasteiger partial charge in [-0.3, -0.25) is 4.79 Å². The van der Waals surface area contributed by atoms with Gasteiger partial charge in [-0.15, -0.1) is 11.3 Å². The van der Waals surface area contributed by atoms with Crippen LogP contribution in [0.4, 0.5) is 0 Å². The van der Waals surface area contributed by atoms with Gasteiger partial charge in [0.25, 0.3) is 0 Å². The lowest BCUT2D eigenvalue weighted by atomic mass is 10.1. The van der Waals surface area contributed by atoms with Crippen LogP contribution in [0.2, 0.25) is 0 Å². The smallest absolute Gasteiger partial charge is 0.225 e. The van der Waals surface area contributed by atoms with E-state index in [0.717, 1.165) is 10.4 Å². The molecular weight excluding hydrogens is 258 g/mol. The maximum absolute atomic E-state index is 11.9. The van der Waals surface area contributed by atoms with Crippen molar-refractivity contribution >= 4 is 17.2 Å². The Kier molecular flexibility index (Phi) is 5.12. The van der Waals surface area contributed by atoms with Gasteiger partial charge in [-0.2, -0.15) is 0 Å². The summed E-state index contributed by atoms with van der Waals surface area (Å²) in [7, 11) is 0. The molecule has 0 fully saturated rings. The average molecular weight is 275 g/mol. The Bertz CT molecular complexity index is 496. The topological polar surface area (TPSA) is 49.3 Å². The zero-order valence-electron chi connectivity index (χ0n) is 10.6. The molecule has 1 heterocycles. The Morgan fingerprint density at radius 2 is 2.00 bits per heavy atom. The van der Waals surface area contributed by atoms with E-state index < -0.39 is 0 Å². The molecule has 1 unspecified atom stereocenters. The molecular formula is C15H17NO2S. The number of rotatable bonds is 6. The van der Waals surface area contributed by atoms with Crippen molar-refractivity contribution in [2.45, 2.75) is 18.9 Å². The van der Waals surface area contributed by atoms with E-state index in [4.69, 9.17) is 0 Å². The van der Waals surface area contributed by atoms with E-state index in [1.54, 1.807) is 11.3 Å². The predicted octanol–water partition coefficient (Wildman–Crippen LogP) is 2.01. The van der Waals surface area contributed by atoms with Gasteiger partial charge in [-0.05, 0) is 23.4 Å². The van der Waals surface area contributed by atoms with E-state index in [1.165, 1.54) is 0 Å². The highest BCUT2D eigenvalue weighted by atomic mass is 32.1. The van der Waals surface area contributed by atoms with Crippen molar-refractivity contribution in [3.05, 3.63) is 58.3 Å². The lowest BCUT2D eigenvalue weighted by Crippen LogP contribution is -2.39. The second-order valence-electron chi connectivity index (χ2n) is 4.39. The minimum Gasteiger partial charge on any atom is -0.394 e. The van der Waals surface area contributed by atoms with Gasteiger partial charge in [0.1, 0.15) is 0 Å². The second-order valence-corrected chi connectivity index (χ2v) is 5.43. The third kappa shape index (κ3) is 4.50. The molecule has 2 rings (SSSR count). The fourth-order valence-electron chi connectivity index (χ4n) is 1.91.